The van der Waals surface area contributed by atoms with E-state index in [-0.39, 0.29) is 84.2 Å². The topological polar surface area (TPSA) is 389 Å². The van der Waals surface area contributed by atoms with Crippen LogP contribution in [0.4, 0.5) is 28.0 Å². The fraction of sp³-hybridized carbons (Fsp3) is 0.270. The molecule has 20 rings (SSSR count). The molecule has 12 aromatic carbocycles. The summed E-state index contributed by atoms with van der Waals surface area (Å²) < 4.78 is 78.5. The Hall–Kier alpha value is -14.2. The van der Waals surface area contributed by atoms with Crippen molar-refractivity contribution < 1.29 is 111 Å². The highest BCUT2D eigenvalue weighted by atomic mass is 79.9. The second-order valence-corrected chi connectivity index (χ2v) is 40.5. The number of carbonyl (C=O) groups is 4. The van der Waals surface area contributed by atoms with Crippen LogP contribution in [0.1, 0.15) is 112 Å². The standard InChI is InChI=1S/C30H31ClN2O6.C29H28ClFN2O5.C29H29ClN2O5.C27H24BrFN2O5/c1-30(16-34,17-35)18-38-22-6-3-19(4-7-22)28-27-24(25-15-20(31)5-12-26(25)32-27)13-14-33(28)29(36)39-23-10-8-21(37-2)9-11-23;1-29(15-34,16-35)17-37-21-7-2-18(3-8-21)27-26-23(24-14-19(30)4-11-25(24)32-26)12-13-33(27)28(36)38-22-9-5-20(31)6-10-22;1-29(16-33,17-34)18-36-21-10-7-19(8-11-21)27-26-23(24-15-20(30)9-12-25(24)31-26)13-14-32(27)28(35)37-22-5-3-2-4-6-22;28-17-3-10-24-23(13-17)22-11-12-31(27(34)36-21-8-4-18(29)5-9-21)26(25(22)30-24)16-1-6-20(7-2-16)35-15-19(33)14-32/h3-12,15,28,32,34-35H,13-14,16-18H2,1-2H3;2-11,14,27,32,34-35H,12-13,15-17H2,1H3;2-12,15,27,31,33-34H,13-14,16-18H2,1H3;1-10,13,19,26,30,32-33H,11-12,14-15H2/t28-;2*27-;/m000./s1. The Balaban J connectivity index is 0.000000136. The number of amides is 4. The van der Waals surface area contributed by atoms with Crippen molar-refractivity contribution >= 4 is 119 Å². The average Bonchev–Trinajstić information content (AvgIpc) is 1.60. The summed E-state index contributed by atoms with van der Waals surface area (Å²) in [5.41, 5.74) is 13.1. The van der Waals surface area contributed by atoms with Crippen molar-refractivity contribution in [1.29, 1.82) is 0 Å². The van der Waals surface area contributed by atoms with Crippen molar-refractivity contribution in [3.8, 4) is 51.7 Å². The van der Waals surface area contributed by atoms with Gasteiger partial charge in [-0.3, -0.25) is 19.6 Å². The number of hydrogen-bond acceptors (Lipinski definition) is 21. The first-order chi connectivity index (χ1) is 72.5. The van der Waals surface area contributed by atoms with Crippen LogP contribution in [-0.4, -0.2) is 217 Å². The summed E-state index contributed by atoms with van der Waals surface area (Å²) in [6.45, 7) is 5.90. The molecule has 16 aromatic rings. The number of aliphatic hydroxyl groups excluding tert-OH is 8. The average molecular weight is 2170 g/mol. The summed E-state index contributed by atoms with van der Waals surface area (Å²) >= 11 is 22.4. The maximum absolute atomic E-state index is 13.5. The van der Waals surface area contributed by atoms with Gasteiger partial charge in [0.15, 0.2) is 0 Å². The zero-order chi connectivity index (χ0) is 106. The number of H-pyrrole nitrogens is 4. The molecule has 780 valence electrons. The minimum atomic E-state index is -0.965. The van der Waals surface area contributed by atoms with Crippen LogP contribution in [0.2, 0.25) is 15.1 Å². The summed E-state index contributed by atoms with van der Waals surface area (Å²) in [6, 6.07) is 77.6. The summed E-state index contributed by atoms with van der Waals surface area (Å²) in [6.07, 6.45) is -0.393. The Morgan fingerprint density at radius 2 is 0.600 bits per heavy atom. The number of methoxy groups -OCH3 is 1. The molecule has 5 atom stereocenters. The molecule has 0 saturated carbocycles. The van der Waals surface area contributed by atoms with Gasteiger partial charge >= 0.3 is 24.4 Å². The van der Waals surface area contributed by atoms with Crippen LogP contribution in [-0.2, 0) is 25.7 Å². The van der Waals surface area contributed by atoms with Gasteiger partial charge in [-0.05, 0) is 276 Å². The number of ether oxygens (including phenoxy) is 9. The van der Waals surface area contributed by atoms with Crippen LogP contribution >= 0.6 is 50.7 Å². The smallest absolute Gasteiger partial charge is 0.416 e. The van der Waals surface area contributed by atoms with Crippen molar-refractivity contribution in [2.24, 2.45) is 16.2 Å². The molecule has 4 amide bonds. The van der Waals surface area contributed by atoms with Gasteiger partial charge in [0.25, 0.3) is 0 Å². The molecule has 150 heavy (non-hydrogen) atoms. The fourth-order valence-electron chi connectivity index (χ4n) is 18.4. The highest BCUT2D eigenvalue weighted by Crippen LogP contribution is 2.47. The van der Waals surface area contributed by atoms with Gasteiger partial charge < -0.3 is 103 Å². The van der Waals surface area contributed by atoms with E-state index in [1.165, 1.54) is 48.5 Å². The van der Waals surface area contributed by atoms with Crippen LogP contribution < -0.4 is 42.6 Å². The highest BCUT2D eigenvalue weighted by molar-refractivity contribution is 9.10. The third-order valence-corrected chi connectivity index (χ3v) is 28.2. The van der Waals surface area contributed by atoms with Gasteiger partial charge in [0.1, 0.15) is 100 Å². The van der Waals surface area contributed by atoms with Gasteiger partial charge in [-0.1, -0.05) is 138 Å². The Morgan fingerprint density at radius 3 is 0.880 bits per heavy atom. The lowest BCUT2D eigenvalue weighted by atomic mass is 9.92. The van der Waals surface area contributed by atoms with Gasteiger partial charge in [0, 0.05) is 128 Å². The van der Waals surface area contributed by atoms with E-state index in [1.54, 1.807) is 108 Å². The minimum absolute atomic E-state index is 0.0313. The number of aliphatic hydroxyl groups is 8. The van der Waals surface area contributed by atoms with Crippen LogP contribution in [0, 0.1) is 27.9 Å². The van der Waals surface area contributed by atoms with E-state index >= 15 is 0 Å². The van der Waals surface area contributed by atoms with Gasteiger partial charge in [-0.15, -0.1) is 0 Å². The SMILES string of the molecule is CC(CO)(CO)COc1ccc([C@H]2c3[nH]c4ccc(Cl)cc4c3CCN2C(=O)Oc2ccc(F)cc2)cc1.CC(CO)(CO)COc1ccc([C@H]2c3[nH]c4ccc(Cl)cc4c3CCN2C(=O)Oc2ccccc2)cc1.COc1ccc(OC(=O)N2CCc3c([nH]c4ccc(Cl)cc34)[C@@H]2c2ccc(OCC(C)(CO)CO)cc2)cc1.O=C(Oc1ccc(F)cc1)N1CCc2c([nH]c3ccc(Br)cc23)C1c1ccc(OCC(O)CO)cc1. The molecule has 4 aromatic heterocycles. The number of aromatic nitrogens is 4. The zero-order valence-electron chi connectivity index (χ0n) is 82.2. The molecule has 4 aliphatic heterocycles. The molecular weight excluding hydrogens is 2050 g/mol. The predicted molar refractivity (Wildman–Crippen MR) is 569 cm³/mol. The summed E-state index contributed by atoms with van der Waals surface area (Å²) in [7, 11) is 1.58. The molecule has 0 radical (unpaired) electrons. The molecule has 0 fully saturated rings. The van der Waals surface area contributed by atoms with Gasteiger partial charge in [0.05, 0.1) is 73.2 Å². The minimum Gasteiger partial charge on any atom is -0.497 e. The quantitative estimate of drug-likeness (QED) is 0.0217. The maximum atomic E-state index is 13.5. The van der Waals surface area contributed by atoms with Crippen molar-refractivity contribution in [1.82, 2.24) is 39.5 Å². The molecule has 0 bridgehead atoms. The third kappa shape index (κ3) is 24.7. The lowest BCUT2D eigenvalue weighted by Gasteiger charge is -2.35. The van der Waals surface area contributed by atoms with E-state index in [2.05, 4.69) is 41.9 Å². The number of halogens is 6. The van der Waals surface area contributed by atoms with E-state index in [0.29, 0.717) is 107 Å². The molecular formula is C115H112BrCl3F2N8O21. The first kappa shape index (κ1) is 107. The number of hydrogen-bond donors (Lipinski definition) is 12. The monoisotopic (exact) mass is 2160 g/mol. The number of para-hydroxylation sites is 1. The molecule has 8 heterocycles. The molecule has 12 N–H and O–H groups in total. The number of nitrogens with zero attached hydrogens (tertiary/aromatic N) is 4. The van der Waals surface area contributed by atoms with Crippen molar-refractivity contribution in [3.05, 3.63) is 371 Å². The molecule has 2 unspecified atom stereocenters. The van der Waals surface area contributed by atoms with Gasteiger partial charge in [-0.2, -0.15) is 0 Å². The molecule has 0 saturated heterocycles. The van der Waals surface area contributed by atoms with Gasteiger partial charge in [0.2, 0.25) is 0 Å². The van der Waals surface area contributed by atoms with Crippen molar-refractivity contribution in [3.63, 3.8) is 0 Å². The first-order valence-electron chi connectivity index (χ1n) is 48.7. The van der Waals surface area contributed by atoms with E-state index < -0.39 is 82.5 Å². The molecule has 0 aliphatic carbocycles. The number of aromatic amines is 4. The number of fused-ring (bicyclic) bond motifs is 12. The van der Waals surface area contributed by atoms with Crippen LogP contribution in [0.5, 0.6) is 51.7 Å². The van der Waals surface area contributed by atoms with Crippen LogP contribution in [0.25, 0.3) is 43.6 Å². The lowest BCUT2D eigenvalue weighted by Crippen LogP contribution is -2.42. The van der Waals surface area contributed by atoms with E-state index in [1.807, 2.05) is 158 Å². The molecule has 35 heteroatoms. The second-order valence-electron chi connectivity index (χ2n) is 38.3. The maximum Gasteiger partial charge on any atom is 0.416 e. The highest BCUT2D eigenvalue weighted by Gasteiger charge is 2.42. The predicted octanol–water partition coefficient (Wildman–Crippen LogP) is 21.1. The van der Waals surface area contributed by atoms with Crippen molar-refractivity contribution in [2.45, 2.75) is 76.7 Å². The second kappa shape index (κ2) is 47.7. The van der Waals surface area contributed by atoms with Crippen LogP contribution in [0.3, 0.4) is 0 Å². The number of nitrogens with one attached hydrogen (secondary N) is 4. The van der Waals surface area contributed by atoms with Crippen LogP contribution in [0.15, 0.2) is 277 Å². The number of benzene rings is 12. The Kier molecular flexibility index (Phi) is 34.1. The lowest BCUT2D eigenvalue weighted by molar-refractivity contribution is 0.0285. The van der Waals surface area contributed by atoms with E-state index in [4.69, 9.17) is 82.5 Å². The number of rotatable bonds is 28. The largest absolute Gasteiger partial charge is 0.497 e. The van der Waals surface area contributed by atoms with Crippen molar-refractivity contribution in [2.75, 3.05) is 106 Å². The molecule has 4 aliphatic rings. The number of carbonyl (C=O) groups excluding carboxylic acids is 4. The summed E-state index contributed by atoms with van der Waals surface area (Å²) in [5, 5.41) is 81.9. The Labute approximate surface area is 886 Å². The Morgan fingerprint density at radius 1 is 0.347 bits per heavy atom. The first-order valence-corrected chi connectivity index (χ1v) is 50.6. The Bertz CT molecular complexity index is 7390. The summed E-state index contributed by atoms with van der Waals surface area (Å²) in [4.78, 5) is 74.3. The summed E-state index contributed by atoms with van der Waals surface area (Å²) in [5.74, 6) is 3.58. The normalized spacial score (nSPS) is 15.5. The molecule has 0 spiro atoms. The molecule has 29 nitrogen and oxygen atoms in total. The third-order valence-electron chi connectivity index (χ3n) is 27.0. The fourth-order valence-corrected chi connectivity index (χ4v) is 19.3. The van der Waals surface area contributed by atoms with E-state index in [0.717, 1.165) is 115 Å². The van der Waals surface area contributed by atoms with Gasteiger partial charge in [-0.25, -0.2) is 28.0 Å². The van der Waals surface area contributed by atoms with E-state index in [9.17, 15) is 63.7 Å². The zero-order valence-corrected chi connectivity index (χ0v) is 86.1.